The summed E-state index contributed by atoms with van der Waals surface area (Å²) < 4.78 is 4.38. The van der Waals surface area contributed by atoms with Crippen molar-refractivity contribution in [2.75, 3.05) is 6.61 Å². The lowest BCUT2D eigenvalue weighted by atomic mass is 10.1. The standard InChI is InChI=1S/C6H11O2/c1-3-6(2)4-8-5-7/h6H,3-4H2,1-2H3/t6-/m0/s1. The molecule has 0 bridgehead atoms. The fourth-order valence-electron chi connectivity index (χ4n) is 0.294. The van der Waals surface area contributed by atoms with Gasteiger partial charge in [0.15, 0.2) is 0 Å². The molecule has 1 atom stereocenters. The molecule has 0 rings (SSSR count). The second kappa shape index (κ2) is 4.62. The highest BCUT2D eigenvalue weighted by Crippen LogP contribution is 1.98. The zero-order chi connectivity index (χ0) is 6.41. The Morgan fingerprint density at radius 2 is 2.38 bits per heavy atom. The number of hydrogen-bond donors (Lipinski definition) is 0. The molecule has 0 amide bonds. The fraction of sp³-hybridized carbons (Fsp3) is 0.833. The number of ether oxygens (including phenoxy) is 1. The fourth-order valence-corrected chi connectivity index (χ4v) is 0.294. The lowest BCUT2D eigenvalue weighted by molar-refractivity contribution is 0.229. The zero-order valence-electron chi connectivity index (χ0n) is 5.31. The molecule has 0 aliphatic rings. The Hall–Kier alpha value is -0.530. The van der Waals surface area contributed by atoms with E-state index in [0.717, 1.165) is 6.42 Å². The third kappa shape index (κ3) is 3.65. The molecule has 2 nitrogen and oxygen atoms in total. The summed E-state index contributed by atoms with van der Waals surface area (Å²) in [7, 11) is 0. The predicted molar refractivity (Wildman–Crippen MR) is 31.1 cm³/mol. The lowest BCUT2D eigenvalue weighted by Gasteiger charge is -2.02. The summed E-state index contributed by atoms with van der Waals surface area (Å²) in [6.07, 6.45) is 1.04. The van der Waals surface area contributed by atoms with E-state index in [4.69, 9.17) is 0 Å². The van der Waals surface area contributed by atoms with Gasteiger partial charge in [-0.1, -0.05) is 20.3 Å². The van der Waals surface area contributed by atoms with Crippen LogP contribution < -0.4 is 0 Å². The summed E-state index contributed by atoms with van der Waals surface area (Å²) in [6, 6.07) is 0. The Morgan fingerprint density at radius 1 is 1.75 bits per heavy atom. The van der Waals surface area contributed by atoms with Gasteiger partial charge in [-0.2, -0.15) is 0 Å². The minimum atomic E-state index is 0.469. The molecule has 8 heavy (non-hydrogen) atoms. The maximum Gasteiger partial charge on any atom is 0.417 e. The van der Waals surface area contributed by atoms with E-state index in [0.29, 0.717) is 12.5 Å². The molecule has 1 radical (unpaired) electrons. The van der Waals surface area contributed by atoms with Crippen molar-refractivity contribution in [1.82, 2.24) is 0 Å². The van der Waals surface area contributed by atoms with Crippen molar-refractivity contribution in [2.24, 2.45) is 5.92 Å². The molecular formula is C6H11O2. The average Bonchev–Trinajstić information content (AvgIpc) is 1.83. The van der Waals surface area contributed by atoms with Crippen LogP contribution in [0.4, 0.5) is 0 Å². The van der Waals surface area contributed by atoms with E-state index in [1.54, 1.807) is 0 Å². The largest absolute Gasteiger partial charge is 0.457 e. The van der Waals surface area contributed by atoms with Gasteiger partial charge in [-0.05, 0) is 5.92 Å². The van der Waals surface area contributed by atoms with Gasteiger partial charge in [0.05, 0.1) is 6.61 Å². The molecule has 47 valence electrons. The maximum absolute atomic E-state index is 9.48. The van der Waals surface area contributed by atoms with Crippen molar-refractivity contribution in [3.05, 3.63) is 0 Å². The smallest absolute Gasteiger partial charge is 0.417 e. The summed E-state index contributed by atoms with van der Waals surface area (Å²) in [6.45, 7) is 5.96. The molecule has 0 aromatic heterocycles. The third-order valence-corrected chi connectivity index (χ3v) is 1.12. The molecule has 0 heterocycles. The normalized spacial score (nSPS) is 12.8. The zero-order valence-corrected chi connectivity index (χ0v) is 5.31. The Balaban J connectivity index is 2.97. The average molecular weight is 115 g/mol. The van der Waals surface area contributed by atoms with Crippen molar-refractivity contribution in [2.45, 2.75) is 20.3 Å². The van der Waals surface area contributed by atoms with Crippen molar-refractivity contribution in [3.8, 4) is 0 Å². The molecular weight excluding hydrogens is 104 g/mol. The lowest BCUT2D eigenvalue weighted by Crippen LogP contribution is -2.02. The molecule has 0 spiro atoms. The van der Waals surface area contributed by atoms with Gasteiger partial charge in [0.1, 0.15) is 0 Å². The van der Waals surface area contributed by atoms with E-state index >= 15 is 0 Å². The van der Waals surface area contributed by atoms with Gasteiger partial charge in [0, 0.05) is 0 Å². The number of rotatable bonds is 4. The second-order valence-electron chi connectivity index (χ2n) is 1.91. The molecule has 0 saturated heterocycles. The monoisotopic (exact) mass is 115 g/mol. The van der Waals surface area contributed by atoms with Crippen LogP contribution in [0.1, 0.15) is 20.3 Å². The molecule has 0 N–H and O–H groups in total. The molecule has 0 aliphatic heterocycles. The van der Waals surface area contributed by atoms with E-state index in [1.165, 1.54) is 6.47 Å². The first kappa shape index (κ1) is 7.47. The summed E-state index contributed by atoms with van der Waals surface area (Å²) in [4.78, 5) is 9.48. The molecule has 0 aliphatic carbocycles. The number of hydrogen-bond acceptors (Lipinski definition) is 2. The first-order valence-corrected chi connectivity index (χ1v) is 2.80. The van der Waals surface area contributed by atoms with E-state index in [9.17, 15) is 4.79 Å². The van der Waals surface area contributed by atoms with Crippen LogP contribution in [0.15, 0.2) is 0 Å². The first-order valence-electron chi connectivity index (χ1n) is 2.80. The van der Waals surface area contributed by atoms with Gasteiger partial charge >= 0.3 is 6.47 Å². The highest BCUT2D eigenvalue weighted by atomic mass is 16.5. The maximum atomic E-state index is 9.48. The minimum Gasteiger partial charge on any atom is -0.457 e. The van der Waals surface area contributed by atoms with Crippen molar-refractivity contribution >= 4 is 6.47 Å². The Morgan fingerprint density at radius 3 is 2.75 bits per heavy atom. The minimum absolute atomic E-state index is 0.469. The van der Waals surface area contributed by atoms with Gasteiger partial charge in [0.2, 0.25) is 0 Å². The van der Waals surface area contributed by atoms with Crippen molar-refractivity contribution < 1.29 is 9.53 Å². The Labute approximate surface area is 49.8 Å². The highest BCUT2D eigenvalue weighted by Gasteiger charge is 1.96. The summed E-state index contributed by atoms with van der Waals surface area (Å²) in [5.74, 6) is 0.469. The molecule has 2 heteroatoms. The molecule has 0 aromatic carbocycles. The summed E-state index contributed by atoms with van der Waals surface area (Å²) >= 11 is 0. The molecule has 0 aromatic rings. The van der Waals surface area contributed by atoms with Gasteiger partial charge < -0.3 is 4.74 Å². The van der Waals surface area contributed by atoms with E-state index in [-0.39, 0.29) is 0 Å². The highest BCUT2D eigenvalue weighted by molar-refractivity contribution is 5.38. The third-order valence-electron chi connectivity index (χ3n) is 1.12. The van der Waals surface area contributed by atoms with Crippen LogP contribution in [0.3, 0.4) is 0 Å². The SMILES string of the molecule is CC[C@H](C)CO[C]=O. The summed E-state index contributed by atoms with van der Waals surface area (Å²) in [5, 5.41) is 0. The quantitative estimate of drug-likeness (QED) is 0.548. The van der Waals surface area contributed by atoms with Gasteiger partial charge in [0.25, 0.3) is 0 Å². The predicted octanol–water partition coefficient (Wildman–Crippen LogP) is 1.12. The molecule has 0 fully saturated rings. The van der Waals surface area contributed by atoms with Gasteiger partial charge in [-0.3, -0.25) is 0 Å². The van der Waals surface area contributed by atoms with Crippen molar-refractivity contribution in [1.29, 1.82) is 0 Å². The van der Waals surface area contributed by atoms with E-state index in [2.05, 4.69) is 11.7 Å². The molecule has 0 saturated carbocycles. The van der Waals surface area contributed by atoms with Crippen LogP contribution in [0.25, 0.3) is 0 Å². The Bertz CT molecular complexity index is 61.5. The van der Waals surface area contributed by atoms with Crippen LogP contribution in [-0.2, 0) is 9.53 Å². The van der Waals surface area contributed by atoms with E-state index < -0.39 is 0 Å². The van der Waals surface area contributed by atoms with Crippen molar-refractivity contribution in [3.63, 3.8) is 0 Å². The van der Waals surface area contributed by atoms with Crippen LogP contribution in [0.5, 0.6) is 0 Å². The van der Waals surface area contributed by atoms with Gasteiger partial charge in [-0.25, -0.2) is 4.79 Å². The first-order chi connectivity index (χ1) is 3.81. The van der Waals surface area contributed by atoms with Crippen LogP contribution >= 0.6 is 0 Å². The molecule has 0 unspecified atom stereocenters. The number of carbonyl (C=O) groups excluding carboxylic acids is 1. The van der Waals surface area contributed by atoms with Crippen LogP contribution in [-0.4, -0.2) is 13.1 Å². The van der Waals surface area contributed by atoms with E-state index in [1.807, 2.05) is 6.92 Å². The topological polar surface area (TPSA) is 26.3 Å². The van der Waals surface area contributed by atoms with Crippen LogP contribution in [0, 0.1) is 5.92 Å². The summed E-state index contributed by atoms with van der Waals surface area (Å²) in [5.41, 5.74) is 0. The van der Waals surface area contributed by atoms with Gasteiger partial charge in [-0.15, -0.1) is 0 Å². The second-order valence-corrected chi connectivity index (χ2v) is 1.91. The Kier molecular flexibility index (Phi) is 4.32. The van der Waals surface area contributed by atoms with Crippen LogP contribution in [0.2, 0.25) is 0 Å².